The fourth-order valence-electron chi connectivity index (χ4n) is 1.80. The van der Waals surface area contributed by atoms with Crippen LogP contribution in [0.1, 0.15) is 11.1 Å². The van der Waals surface area contributed by atoms with Crippen molar-refractivity contribution in [1.82, 2.24) is 0 Å². The van der Waals surface area contributed by atoms with Gasteiger partial charge in [0.15, 0.2) is 5.41 Å². The Hall–Kier alpha value is -1.86. The minimum Gasteiger partial charge on any atom is -0.377 e. The standard InChI is InChI=1S/C13H14N2O2/c1-9-4-3-5-10(2)11(9)15-12(16)13(6-14)7-17-8-13/h3-5H,7-8H2,1-2H3,(H,15,16). The van der Waals surface area contributed by atoms with E-state index < -0.39 is 5.41 Å². The lowest BCUT2D eigenvalue weighted by atomic mass is 9.86. The van der Waals surface area contributed by atoms with Gasteiger partial charge in [0.05, 0.1) is 19.3 Å². The molecular formula is C13H14N2O2. The van der Waals surface area contributed by atoms with E-state index in [0.717, 1.165) is 16.8 Å². The van der Waals surface area contributed by atoms with Gasteiger partial charge in [-0.05, 0) is 25.0 Å². The molecule has 4 nitrogen and oxygen atoms in total. The Kier molecular flexibility index (Phi) is 2.86. The number of para-hydroxylation sites is 1. The number of nitrogens with zero attached hydrogens (tertiary/aromatic N) is 1. The van der Waals surface area contributed by atoms with E-state index in [1.165, 1.54) is 0 Å². The van der Waals surface area contributed by atoms with Gasteiger partial charge in [0.2, 0.25) is 5.91 Å². The topological polar surface area (TPSA) is 62.1 Å². The summed E-state index contributed by atoms with van der Waals surface area (Å²) in [5.41, 5.74) is 1.77. The van der Waals surface area contributed by atoms with Gasteiger partial charge in [-0.25, -0.2) is 0 Å². The van der Waals surface area contributed by atoms with Crippen LogP contribution in [0.15, 0.2) is 18.2 Å². The monoisotopic (exact) mass is 230 g/mol. The molecule has 1 aliphatic heterocycles. The summed E-state index contributed by atoms with van der Waals surface area (Å²) in [6.45, 7) is 4.22. The van der Waals surface area contributed by atoms with Crippen LogP contribution in [-0.4, -0.2) is 19.1 Å². The number of ether oxygens (including phenoxy) is 1. The number of amides is 1. The van der Waals surface area contributed by atoms with Crippen molar-refractivity contribution in [3.8, 4) is 6.07 Å². The first-order chi connectivity index (χ1) is 8.09. The van der Waals surface area contributed by atoms with Gasteiger partial charge in [-0.1, -0.05) is 18.2 Å². The lowest BCUT2D eigenvalue weighted by Crippen LogP contribution is -2.50. The number of hydrogen-bond acceptors (Lipinski definition) is 3. The molecule has 88 valence electrons. The van der Waals surface area contributed by atoms with E-state index in [4.69, 9.17) is 10.00 Å². The molecule has 1 saturated heterocycles. The number of nitriles is 1. The van der Waals surface area contributed by atoms with Crippen molar-refractivity contribution in [3.63, 3.8) is 0 Å². The predicted molar refractivity (Wildman–Crippen MR) is 63.4 cm³/mol. The molecule has 0 radical (unpaired) electrons. The van der Waals surface area contributed by atoms with Crippen LogP contribution in [0.4, 0.5) is 5.69 Å². The van der Waals surface area contributed by atoms with Gasteiger partial charge in [-0.2, -0.15) is 5.26 Å². The minimum absolute atomic E-state index is 0.181. The third kappa shape index (κ3) is 1.90. The number of nitrogens with one attached hydrogen (secondary N) is 1. The number of benzene rings is 1. The van der Waals surface area contributed by atoms with Crippen LogP contribution in [-0.2, 0) is 9.53 Å². The molecule has 1 aromatic rings. The summed E-state index contributed by atoms with van der Waals surface area (Å²) in [6.07, 6.45) is 0. The first kappa shape index (κ1) is 11.6. The molecular weight excluding hydrogens is 216 g/mol. The molecule has 0 saturated carbocycles. The molecule has 0 atom stereocenters. The fourth-order valence-corrected chi connectivity index (χ4v) is 1.80. The highest BCUT2D eigenvalue weighted by Crippen LogP contribution is 2.29. The van der Waals surface area contributed by atoms with Crippen molar-refractivity contribution in [3.05, 3.63) is 29.3 Å². The maximum absolute atomic E-state index is 12.0. The Morgan fingerprint density at radius 3 is 2.41 bits per heavy atom. The van der Waals surface area contributed by atoms with Gasteiger partial charge in [-0.3, -0.25) is 4.79 Å². The normalized spacial score (nSPS) is 16.8. The van der Waals surface area contributed by atoms with Crippen LogP contribution in [0.2, 0.25) is 0 Å². The molecule has 1 fully saturated rings. The quantitative estimate of drug-likeness (QED) is 0.842. The Morgan fingerprint density at radius 1 is 1.41 bits per heavy atom. The van der Waals surface area contributed by atoms with Crippen LogP contribution in [0.5, 0.6) is 0 Å². The van der Waals surface area contributed by atoms with Gasteiger partial charge in [0.1, 0.15) is 0 Å². The smallest absolute Gasteiger partial charge is 0.249 e. The summed E-state index contributed by atoms with van der Waals surface area (Å²) in [7, 11) is 0. The van der Waals surface area contributed by atoms with E-state index in [1.807, 2.05) is 38.1 Å². The van der Waals surface area contributed by atoms with Crippen LogP contribution >= 0.6 is 0 Å². The van der Waals surface area contributed by atoms with Crippen LogP contribution in [0.3, 0.4) is 0 Å². The maximum atomic E-state index is 12.0. The van der Waals surface area contributed by atoms with E-state index in [2.05, 4.69) is 5.32 Å². The zero-order valence-electron chi connectivity index (χ0n) is 9.91. The molecule has 17 heavy (non-hydrogen) atoms. The van der Waals surface area contributed by atoms with Gasteiger partial charge >= 0.3 is 0 Å². The number of aryl methyl sites for hydroxylation is 2. The van der Waals surface area contributed by atoms with Gasteiger partial charge in [0.25, 0.3) is 0 Å². The third-order valence-electron chi connectivity index (χ3n) is 3.07. The molecule has 0 aliphatic carbocycles. The Bertz CT molecular complexity index is 478. The average Bonchev–Trinajstić information content (AvgIpc) is 2.23. The molecule has 1 aromatic carbocycles. The number of carbonyl (C=O) groups excluding carboxylic acids is 1. The van der Waals surface area contributed by atoms with Crippen molar-refractivity contribution in [2.24, 2.45) is 5.41 Å². The molecule has 0 spiro atoms. The second kappa shape index (κ2) is 4.19. The lowest BCUT2D eigenvalue weighted by Gasteiger charge is -2.33. The number of anilines is 1. The molecule has 1 N–H and O–H groups in total. The molecule has 0 aromatic heterocycles. The van der Waals surface area contributed by atoms with Crippen LogP contribution in [0.25, 0.3) is 0 Å². The van der Waals surface area contributed by atoms with Crippen molar-refractivity contribution < 1.29 is 9.53 Å². The van der Waals surface area contributed by atoms with Crippen molar-refractivity contribution in [1.29, 1.82) is 5.26 Å². The summed E-state index contributed by atoms with van der Waals surface area (Å²) < 4.78 is 4.97. The number of rotatable bonds is 2. The maximum Gasteiger partial charge on any atom is 0.249 e. The summed E-state index contributed by atoms with van der Waals surface area (Å²) in [5, 5.41) is 11.9. The molecule has 1 amide bonds. The fraction of sp³-hybridized carbons (Fsp3) is 0.385. The van der Waals surface area contributed by atoms with E-state index in [0.29, 0.717) is 0 Å². The Balaban J connectivity index is 2.22. The predicted octanol–water partition coefficient (Wildman–Crippen LogP) is 1.78. The van der Waals surface area contributed by atoms with Crippen molar-refractivity contribution >= 4 is 11.6 Å². The molecule has 1 aliphatic rings. The zero-order chi connectivity index (χ0) is 12.5. The Morgan fingerprint density at radius 2 is 2.00 bits per heavy atom. The molecule has 0 unspecified atom stereocenters. The molecule has 0 bridgehead atoms. The summed E-state index contributed by atoms with van der Waals surface area (Å²) in [4.78, 5) is 12.0. The molecule has 2 rings (SSSR count). The largest absolute Gasteiger partial charge is 0.377 e. The van der Waals surface area contributed by atoms with Crippen molar-refractivity contribution in [2.45, 2.75) is 13.8 Å². The Labute approximate surface area is 100 Å². The second-order valence-corrected chi connectivity index (χ2v) is 4.41. The average molecular weight is 230 g/mol. The summed E-state index contributed by atoms with van der Waals surface area (Å²) in [5.74, 6) is -0.274. The molecule has 4 heteroatoms. The van der Waals surface area contributed by atoms with Crippen molar-refractivity contribution in [2.75, 3.05) is 18.5 Å². The van der Waals surface area contributed by atoms with Gasteiger partial charge in [0, 0.05) is 5.69 Å². The van der Waals surface area contributed by atoms with Crippen LogP contribution in [0, 0.1) is 30.6 Å². The SMILES string of the molecule is Cc1cccc(C)c1NC(=O)C1(C#N)COC1. The highest BCUT2D eigenvalue weighted by Gasteiger charge is 2.46. The van der Waals surface area contributed by atoms with E-state index in [-0.39, 0.29) is 19.1 Å². The highest BCUT2D eigenvalue weighted by molar-refractivity contribution is 5.99. The van der Waals surface area contributed by atoms with Crippen LogP contribution < -0.4 is 5.32 Å². The van der Waals surface area contributed by atoms with Gasteiger partial charge in [-0.15, -0.1) is 0 Å². The van der Waals surface area contributed by atoms with E-state index in [9.17, 15) is 4.79 Å². The third-order valence-corrected chi connectivity index (χ3v) is 3.07. The first-order valence-corrected chi connectivity index (χ1v) is 5.46. The number of carbonyl (C=O) groups is 1. The zero-order valence-corrected chi connectivity index (χ0v) is 9.91. The lowest BCUT2D eigenvalue weighted by molar-refractivity contribution is -0.144. The summed E-state index contributed by atoms with van der Waals surface area (Å²) in [6, 6.07) is 7.83. The number of hydrogen-bond donors (Lipinski definition) is 1. The van der Waals surface area contributed by atoms with Gasteiger partial charge < -0.3 is 10.1 Å². The highest BCUT2D eigenvalue weighted by atomic mass is 16.5. The van der Waals surface area contributed by atoms with E-state index >= 15 is 0 Å². The summed E-state index contributed by atoms with van der Waals surface area (Å²) >= 11 is 0. The first-order valence-electron chi connectivity index (χ1n) is 5.46. The molecule has 1 heterocycles. The van der Waals surface area contributed by atoms with E-state index in [1.54, 1.807) is 0 Å². The minimum atomic E-state index is -1.01. The second-order valence-electron chi connectivity index (χ2n) is 4.41.